The maximum Gasteiger partial charge on any atom is 0.247 e. The SMILES string of the molecule is COc1ccc([C@@H]2CCCN2C(=O)/C=C/c2ccccc2C#N)c(OC)c1. The molecule has 0 aliphatic carbocycles. The van der Waals surface area contributed by atoms with Crippen molar-refractivity contribution in [1.29, 1.82) is 5.26 Å². The first kappa shape index (κ1) is 18.5. The van der Waals surface area contributed by atoms with E-state index < -0.39 is 0 Å². The lowest BCUT2D eigenvalue weighted by Crippen LogP contribution is -2.29. The molecular weight excluding hydrogens is 340 g/mol. The number of carbonyl (C=O) groups is 1. The van der Waals surface area contributed by atoms with Crippen LogP contribution in [-0.2, 0) is 4.79 Å². The second-order valence-corrected chi connectivity index (χ2v) is 6.33. The molecule has 3 rings (SSSR count). The highest BCUT2D eigenvalue weighted by Gasteiger charge is 2.31. The van der Waals surface area contributed by atoms with Crippen molar-refractivity contribution in [3.63, 3.8) is 0 Å². The van der Waals surface area contributed by atoms with Gasteiger partial charge >= 0.3 is 0 Å². The molecule has 1 amide bonds. The second kappa shape index (κ2) is 8.41. The van der Waals surface area contributed by atoms with Gasteiger partial charge in [-0.1, -0.05) is 18.2 Å². The molecule has 1 saturated heterocycles. The van der Waals surface area contributed by atoms with Gasteiger partial charge in [0, 0.05) is 24.3 Å². The number of nitrogens with zero attached hydrogens (tertiary/aromatic N) is 2. The molecule has 0 bridgehead atoms. The molecule has 0 spiro atoms. The minimum atomic E-state index is -0.0666. The number of amides is 1. The molecule has 27 heavy (non-hydrogen) atoms. The Balaban J connectivity index is 1.83. The van der Waals surface area contributed by atoms with Crippen molar-refractivity contribution in [3.05, 3.63) is 65.2 Å². The van der Waals surface area contributed by atoms with Crippen molar-refractivity contribution in [2.45, 2.75) is 18.9 Å². The molecule has 5 nitrogen and oxygen atoms in total. The van der Waals surface area contributed by atoms with Crippen LogP contribution in [0.1, 0.15) is 35.6 Å². The van der Waals surface area contributed by atoms with E-state index in [9.17, 15) is 10.1 Å². The van der Waals surface area contributed by atoms with Gasteiger partial charge in [-0.15, -0.1) is 0 Å². The number of hydrogen-bond donors (Lipinski definition) is 0. The standard InChI is InChI=1S/C22H22N2O3/c1-26-18-10-11-19(21(14-18)27-2)20-8-5-13-24(20)22(25)12-9-16-6-3-4-7-17(16)15-23/h3-4,6-7,9-12,14,20H,5,8,13H2,1-2H3/b12-9+/t20-/m0/s1. The van der Waals surface area contributed by atoms with E-state index in [1.807, 2.05) is 41.3 Å². The van der Waals surface area contributed by atoms with Crippen LogP contribution in [0.25, 0.3) is 6.08 Å². The summed E-state index contributed by atoms with van der Waals surface area (Å²) in [5.41, 5.74) is 2.28. The average Bonchev–Trinajstić information content (AvgIpc) is 3.21. The number of methoxy groups -OCH3 is 2. The van der Waals surface area contributed by atoms with Gasteiger partial charge in [-0.3, -0.25) is 4.79 Å². The number of benzene rings is 2. The average molecular weight is 362 g/mol. The fourth-order valence-corrected chi connectivity index (χ4v) is 3.45. The third kappa shape index (κ3) is 3.95. The fourth-order valence-electron chi connectivity index (χ4n) is 3.45. The van der Waals surface area contributed by atoms with Crippen LogP contribution in [-0.4, -0.2) is 31.6 Å². The van der Waals surface area contributed by atoms with Crippen LogP contribution in [0.3, 0.4) is 0 Å². The number of rotatable bonds is 5. The van der Waals surface area contributed by atoms with Crippen LogP contribution in [0.4, 0.5) is 0 Å². The number of likely N-dealkylation sites (tertiary alicyclic amines) is 1. The number of nitriles is 1. The fraction of sp³-hybridized carbons (Fsp3) is 0.273. The Morgan fingerprint density at radius 3 is 2.78 bits per heavy atom. The molecule has 2 aromatic rings. The smallest absolute Gasteiger partial charge is 0.247 e. The summed E-state index contributed by atoms with van der Waals surface area (Å²) in [7, 11) is 3.24. The van der Waals surface area contributed by atoms with Crippen LogP contribution < -0.4 is 9.47 Å². The van der Waals surface area contributed by atoms with Gasteiger partial charge in [0.25, 0.3) is 0 Å². The van der Waals surface area contributed by atoms with E-state index in [4.69, 9.17) is 9.47 Å². The summed E-state index contributed by atoms with van der Waals surface area (Å²) in [6.07, 6.45) is 5.08. The Kier molecular flexibility index (Phi) is 5.77. The summed E-state index contributed by atoms with van der Waals surface area (Å²) in [5.74, 6) is 1.38. The van der Waals surface area contributed by atoms with Crippen molar-refractivity contribution in [3.8, 4) is 17.6 Å². The van der Waals surface area contributed by atoms with Gasteiger partial charge in [-0.2, -0.15) is 5.26 Å². The van der Waals surface area contributed by atoms with Crippen LogP contribution in [0.15, 0.2) is 48.5 Å². The molecule has 2 aromatic carbocycles. The summed E-state index contributed by atoms with van der Waals surface area (Å²) in [4.78, 5) is 14.7. The zero-order chi connectivity index (χ0) is 19.2. The number of ether oxygens (including phenoxy) is 2. The molecule has 1 heterocycles. The lowest BCUT2D eigenvalue weighted by molar-refractivity contribution is -0.126. The number of carbonyl (C=O) groups excluding carboxylic acids is 1. The van der Waals surface area contributed by atoms with Gasteiger partial charge < -0.3 is 14.4 Å². The predicted octanol–water partition coefficient (Wildman–Crippen LogP) is 3.95. The molecule has 138 valence electrons. The largest absolute Gasteiger partial charge is 0.497 e. The third-order valence-electron chi connectivity index (χ3n) is 4.82. The van der Waals surface area contributed by atoms with E-state index in [1.54, 1.807) is 32.4 Å². The Morgan fingerprint density at radius 2 is 2.04 bits per heavy atom. The molecule has 1 aliphatic rings. The second-order valence-electron chi connectivity index (χ2n) is 6.33. The summed E-state index contributed by atoms with van der Waals surface area (Å²) in [6.45, 7) is 0.697. The molecule has 0 saturated carbocycles. The summed E-state index contributed by atoms with van der Waals surface area (Å²) in [5, 5.41) is 9.18. The molecule has 5 heteroatoms. The van der Waals surface area contributed by atoms with E-state index in [2.05, 4.69) is 6.07 Å². The Hall–Kier alpha value is -3.26. The van der Waals surface area contributed by atoms with Crippen molar-refractivity contribution >= 4 is 12.0 Å². The highest BCUT2D eigenvalue weighted by atomic mass is 16.5. The van der Waals surface area contributed by atoms with Crippen molar-refractivity contribution in [2.24, 2.45) is 0 Å². The maximum atomic E-state index is 12.8. The summed E-state index contributed by atoms with van der Waals surface area (Å²) in [6, 6.07) is 15.0. The van der Waals surface area contributed by atoms with E-state index >= 15 is 0 Å². The summed E-state index contributed by atoms with van der Waals surface area (Å²) >= 11 is 0. The first-order valence-electron chi connectivity index (χ1n) is 8.87. The normalized spacial score (nSPS) is 16.3. The zero-order valence-corrected chi connectivity index (χ0v) is 15.5. The first-order valence-corrected chi connectivity index (χ1v) is 8.87. The molecule has 0 unspecified atom stereocenters. The highest BCUT2D eigenvalue weighted by Crippen LogP contribution is 2.38. The van der Waals surface area contributed by atoms with Crippen LogP contribution in [0.2, 0.25) is 0 Å². The van der Waals surface area contributed by atoms with Crippen molar-refractivity contribution in [1.82, 2.24) is 4.90 Å². The zero-order valence-electron chi connectivity index (χ0n) is 15.5. The lowest BCUT2D eigenvalue weighted by Gasteiger charge is -2.25. The molecule has 0 aromatic heterocycles. The van der Waals surface area contributed by atoms with Gasteiger partial charge in [-0.25, -0.2) is 0 Å². The van der Waals surface area contributed by atoms with E-state index in [-0.39, 0.29) is 11.9 Å². The van der Waals surface area contributed by atoms with E-state index in [0.29, 0.717) is 12.1 Å². The van der Waals surface area contributed by atoms with Gasteiger partial charge in [0.1, 0.15) is 11.5 Å². The van der Waals surface area contributed by atoms with Gasteiger partial charge in [0.15, 0.2) is 0 Å². The van der Waals surface area contributed by atoms with E-state index in [1.165, 1.54) is 0 Å². The summed E-state index contributed by atoms with van der Waals surface area (Å²) < 4.78 is 10.8. The minimum Gasteiger partial charge on any atom is -0.497 e. The van der Waals surface area contributed by atoms with Crippen molar-refractivity contribution in [2.75, 3.05) is 20.8 Å². The predicted molar refractivity (Wildman–Crippen MR) is 103 cm³/mol. The lowest BCUT2D eigenvalue weighted by atomic mass is 10.0. The monoisotopic (exact) mass is 362 g/mol. The Morgan fingerprint density at radius 1 is 1.22 bits per heavy atom. The van der Waals surface area contributed by atoms with Crippen molar-refractivity contribution < 1.29 is 14.3 Å². The maximum absolute atomic E-state index is 12.8. The van der Waals surface area contributed by atoms with E-state index in [0.717, 1.165) is 35.5 Å². The number of hydrogen-bond acceptors (Lipinski definition) is 4. The first-order chi connectivity index (χ1) is 13.2. The molecule has 1 atom stereocenters. The Labute approximate surface area is 159 Å². The topological polar surface area (TPSA) is 62.6 Å². The third-order valence-corrected chi connectivity index (χ3v) is 4.82. The van der Waals surface area contributed by atoms with Gasteiger partial charge in [0.2, 0.25) is 5.91 Å². The van der Waals surface area contributed by atoms with Crippen LogP contribution in [0, 0.1) is 11.3 Å². The Bertz CT molecular complexity index is 899. The highest BCUT2D eigenvalue weighted by molar-refractivity contribution is 5.92. The van der Waals surface area contributed by atoms with Gasteiger partial charge in [0.05, 0.1) is 31.9 Å². The molecular formula is C22H22N2O3. The molecule has 1 fully saturated rings. The minimum absolute atomic E-state index is 0.0331. The van der Waals surface area contributed by atoms with Gasteiger partial charge in [-0.05, 0) is 42.7 Å². The quantitative estimate of drug-likeness (QED) is 0.756. The van der Waals surface area contributed by atoms with Crippen LogP contribution in [0.5, 0.6) is 11.5 Å². The van der Waals surface area contributed by atoms with Crippen LogP contribution >= 0.6 is 0 Å². The molecule has 0 radical (unpaired) electrons. The molecule has 1 aliphatic heterocycles. The molecule has 0 N–H and O–H groups in total.